The van der Waals surface area contributed by atoms with Crippen molar-refractivity contribution in [3.63, 3.8) is 0 Å². The third kappa shape index (κ3) is 12.9. The molecule has 0 fully saturated rings. The lowest BCUT2D eigenvalue weighted by Crippen LogP contribution is -1.93. The maximum Gasteiger partial charge on any atom is 0.303 e. The molecule has 2 heteroatoms. The summed E-state index contributed by atoms with van der Waals surface area (Å²) in [5.74, 6) is -0.686. The maximum atomic E-state index is 10.2. The molecule has 0 aromatic heterocycles. The van der Waals surface area contributed by atoms with Crippen molar-refractivity contribution in [1.82, 2.24) is 0 Å². The van der Waals surface area contributed by atoms with E-state index in [9.17, 15) is 4.79 Å². The van der Waals surface area contributed by atoms with E-state index in [2.05, 4.69) is 31.2 Å². The van der Waals surface area contributed by atoms with Gasteiger partial charge in [0, 0.05) is 6.42 Å². The quantitative estimate of drug-likeness (QED) is 0.443. The Morgan fingerprint density at radius 3 is 2.19 bits per heavy atom. The fourth-order valence-electron chi connectivity index (χ4n) is 1.39. The van der Waals surface area contributed by atoms with Gasteiger partial charge in [-0.3, -0.25) is 4.79 Å². The highest BCUT2D eigenvalue weighted by molar-refractivity contribution is 5.66. The van der Waals surface area contributed by atoms with E-state index in [4.69, 9.17) is 5.11 Å². The number of hydrogen-bond donors (Lipinski definition) is 1. The van der Waals surface area contributed by atoms with E-state index < -0.39 is 5.97 Å². The molecule has 0 saturated heterocycles. The van der Waals surface area contributed by atoms with Crippen molar-refractivity contribution >= 4 is 5.97 Å². The van der Waals surface area contributed by atoms with Gasteiger partial charge in [-0.2, -0.15) is 0 Å². The number of carboxylic acids is 1. The molecule has 0 spiro atoms. The van der Waals surface area contributed by atoms with Gasteiger partial charge in [0.2, 0.25) is 0 Å². The van der Waals surface area contributed by atoms with Crippen molar-refractivity contribution in [3.05, 3.63) is 24.3 Å². The molecule has 0 aliphatic heterocycles. The minimum Gasteiger partial charge on any atom is -0.481 e. The molecule has 16 heavy (non-hydrogen) atoms. The molecule has 0 saturated carbocycles. The molecule has 1 N–H and O–H groups in total. The smallest absolute Gasteiger partial charge is 0.303 e. The van der Waals surface area contributed by atoms with Gasteiger partial charge in [-0.05, 0) is 25.7 Å². The number of hydrogen-bond acceptors (Lipinski definition) is 1. The van der Waals surface area contributed by atoms with Gasteiger partial charge in [-0.25, -0.2) is 0 Å². The summed E-state index contributed by atoms with van der Waals surface area (Å²) in [5, 5.41) is 8.43. The lowest BCUT2D eigenvalue weighted by atomic mass is 10.1. The SMILES string of the molecule is CCCC/C=C\C=C/CCCCCC(=O)O. The Balaban J connectivity index is 3.21. The van der Waals surface area contributed by atoms with Crippen LogP contribution in [0.1, 0.15) is 58.3 Å². The first kappa shape index (κ1) is 14.9. The molecular weight excluding hydrogens is 200 g/mol. The summed E-state index contributed by atoms with van der Waals surface area (Å²) in [6.45, 7) is 2.20. The monoisotopic (exact) mass is 224 g/mol. The van der Waals surface area contributed by atoms with Crippen LogP contribution in [0.3, 0.4) is 0 Å². The minimum absolute atomic E-state index is 0.306. The molecule has 2 nitrogen and oxygen atoms in total. The van der Waals surface area contributed by atoms with E-state index >= 15 is 0 Å². The molecule has 0 unspecified atom stereocenters. The van der Waals surface area contributed by atoms with Crippen LogP contribution in [-0.4, -0.2) is 11.1 Å². The number of aliphatic carboxylic acids is 1. The standard InChI is InChI=1S/C14H24O2/c1-2-3-4-5-6-7-8-9-10-11-12-13-14(15)16/h5-8H,2-4,9-13H2,1H3,(H,15,16)/b6-5-,8-7-. The fraction of sp³-hybridized carbons (Fsp3) is 0.643. The Morgan fingerprint density at radius 2 is 1.62 bits per heavy atom. The van der Waals surface area contributed by atoms with Gasteiger partial charge in [0.1, 0.15) is 0 Å². The number of carboxylic acid groups (broad SMARTS) is 1. The van der Waals surface area contributed by atoms with Crippen molar-refractivity contribution in [2.45, 2.75) is 58.3 Å². The van der Waals surface area contributed by atoms with Crippen molar-refractivity contribution < 1.29 is 9.90 Å². The van der Waals surface area contributed by atoms with Gasteiger partial charge in [-0.1, -0.05) is 50.5 Å². The van der Waals surface area contributed by atoms with E-state index in [0.29, 0.717) is 6.42 Å². The van der Waals surface area contributed by atoms with Crippen molar-refractivity contribution in [1.29, 1.82) is 0 Å². The molecule has 0 atom stereocenters. The van der Waals surface area contributed by atoms with E-state index in [-0.39, 0.29) is 0 Å². The molecule has 0 aliphatic carbocycles. The van der Waals surface area contributed by atoms with Crippen LogP contribution < -0.4 is 0 Å². The van der Waals surface area contributed by atoms with Crippen molar-refractivity contribution in [2.24, 2.45) is 0 Å². The van der Waals surface area contributed by atoms with Crippen LogP contribution in [0.4, 0.5) is 0 Å². The summed E-state index contributed by atoms with van der Waals surface area (Å²) in [7, 11) is 0. The first-order chi connectivity index (χ1) is 7.77. The van der Waals surface area contributed by atoms with Crippen molar-refractivity contribution in [3.8, 4) is 0 Å². The zero-order valence-electron chi connectivity index (χ0n) is 10.3. The third-order valence-electron chi connectivity index (χ3n) is 2.37. The van der Waals surface area contributed by atoms with Gasteiger partial charge in [-0.15, -0.1) is 0 Å². The van der Waals surface area contributed by atoms with E-state index in [0.717, 1.165) is 25.7 Å². The first-order valence-corrected chi connectivity index (χ1v) is 6.30. The van der Waals surface area contributed by atoms with Crippen LogP contribution in [-0.2, 0) is 4.79 Å². The van der Waals surface area contributed by atoms with E-state index in [1.54, 1.807) is 0 Å². The number of allylic oxidation sites excluding steroid dienone is 4. The summed E-state index contributed by atoms with van der Waals surface area (Å²) >= 11 is 0. The zero-order chi connectivity index (χ0) is 12.1. The second-order valence-corrected chi connectivity index (χ2v) is 3.99. The normalized spacial score (nSPS) is 11.6. The van der Waals surface area contributed by atoms with Gasteiger partial charge < -0.3 is 5.11 Å². The molecule has 0 bridgehead atoms. The second kappa shape index (κ2) is 12.0. The summed E-state index contributed by atoms with van der Waals surface area (Å²) in [5.41, 5.74) is 0. The maximum absolute atomic E-state index is 10.2. The highest BCUT2D eigenvalue weighted by atomic mass is 16.4. The van der Waals surface area contributed by atoms with Gasteiger partial charge >= 0.3 is 5.97 Å². The van der Waals surface area contributed by atoms with Crippen LogP contribution in [0.2, 0.25) is 0 Å². The second-order valence-electron chi connectivity index (χ2n) is 3.99. The Hall–Kier alpha value is -1.05. The predicted molar refractivity (Wildman–Crippen MR) is 68.5 cm³/mol. The van der Waals surface area contributed by atoms with Crippen LogP contribution in [0.5, 0.6) is 0 Å². The van der Waals surface area contributed by atoms with Gasteiger partial charge in [0.05, 0.1) is 0 Å². The number of carbonyl (C=O) groups is 1. The van der Waals surface area contributed by atoms with Gasteiger partial charge in [0.25, 0.3) is 0 Å². The van der Waals surface area contributed by atoms with Gasteiger partial charge in [0.15, 0.2) is 0 Å². The lowest BCUT2D eigenvalue weighted by molar-refractivity contribution is -0.137. The lowest BCUT2D eigenvalue weighted by Gasteiger charge is -1.94. The molecule has 0 amide bonds. The average molecular weight is 224 g/mol. The largest absolute Gasteiger partial charge is 0.481 e. The van der Waals surface area contributed by atoms with Crippen LogP contribution in [0.25, 0.3) is 0 Å². The summed E-state index contributed by atoms with van der Waals surface area (Å²) in [4.78, 5) is 10.2. The summed E-state index contributed by atoms with van der Waals surface area (Å²) < 4.78 is 0. The average Bonchev–Trinajstić information content (AvgIpc) is 2.25. The molecule has 0 aliphatic rings. The molecular formula is C14H24O2. The highest BCUT2D eigenvalue weighted by Gasteiger charge is 1.94. The summed E-state index contributed by atoms with van der Waals surface area (Å²) in [6.07, 6.45) is 16.5. The predicted octanol–water partition coefficient (Wildman–Crippen LogP) is 4.32. The highest BCUT2D eigenvalue weighted by Crippen LogP contribution is 2.03. The Labute approximate surface area is 99.1 Å². The van der Waals surface area contributed by atoms with Crippen molar-refractivity contribution in [2.75, 3.05) is 0 Å². The van der Waals surface area contributed by atoms with E-state index in [1.807, 2.05) is 0 Å². The number of unbranched alkanes of at least 4 members (excludes halogenated alkanes) is 5. The fourth-order valence-corrected chi connectivity index (χ4v) is 1.39. The first-order valence-electron chi connectivity index (χ1n) is 6.30. The van der Waals surface area contributed by atoms with Crippen LogP contribution >= 0.6 is 0 Å². The minimum atomic E-state index is -0.686. The van der Waals surface area contributed by atoms with E-state index in [1.165, 1.54) is 19.3 Å². The Kier molecular flexibility index (Phi) is 11.2. The van der Waals surface area contributed by atoms with Crippen LogP contribution in [0.15, 0.2) is 24.3 Å². The Bertz CT molecular complexity index is 217. The summed E-state index contributed by atoms with van der Waals surface area (Å²) in [6, 6.07) is 0. The molecule has 92 valence electrons. The zero-order valence-corrected chi connectivity index (χ0v) is 10.3. The molecule has 0 aromatic rings. The number of rotatable bonds is 10. The topological polar surface area (TPSA) is 37.3 Å². The third-order valence-corrected chi connectivity index (χ3v) is 2.37. The molecule has 0 rings (SSSR count). The molecule has 0 aromatic carbocycles. The van der Waals surface area contributed by atoms with Crippen LogP contribution in [0, 0.1) is 0 Å². The molecule has 0 radical (unpaired) electrons. The Morgan fingerprint density at radius 1 is 1.00 bits per heavy atom. The molecule has 0 heterocycles.